The summed E-state index contributed by atoms with van der Waals surface area (Å²) < 4.78 is 5.04. The van der Waals surface area contributed by atoms with Gasteiger partial charge < -0.3 is 19.9 Å². The Labute approximate surface area is 182 Å². The van der Waals surface area contributed by atoms with Gasteiger partial charge in [0, 0.05) is 55.7 Å². The van der Waals surface area contributed by atoms with E-state index in [1.165, 1.54) is 0 Å². The summed E-state index contributed by atoms with van der Waals surface area (Å²) in [4.78, 5) is 32.3. The highest BCUT2D eigenvalue weighted by molar-refractivity contribution is 6.30. The van der Waals surface area contributed by atoms with E-state index in [1.807, 2.05) is 18.2 Å². The molecule has 1 amide bonds. The van der Waals surface area contributed by atoms with Crippen LogP contribution < -0.4 is 10.2 Å². The lowest BCUT2D eigenvalue weighted by molar-refractivity contribution is 0.0519. The van der Waals surface area contributed by atoms with Crippen LogP contribution in [0, 0.1) is 13.8 Å². The zero-order valence-corrected chi connectivity index (χ0v) is 18.5. The molecule has 3 rings (SSSR count). The van der Waals surface area contributed by atoms with Crippen LogP contribution in [-0.2, 0) is 4.74 Å². The van der Waals surface area contributed by atoms with E-state index < -0.39 is 5.97 Å². The van der Waals surface area contributed by atoms with E-state index in [4.69, 9.17) is 16.3 Å². The third-order valence-corrected chi connectivity index (χ3v) is 5.64. The number of nitrogens with zero attached hydrogens (tertiary/aromatic N) is 2. The predicted octanol–water partition coefficient (Wildman–Crippen LogP) is 3.01. The molecule has 8 heteroatoms. The van der Waals surface area contributed by atoms with Gasteiger partial charge in [-0.15, -0.1) is 0 Å². The highest BCUT2D eigenvalue weighted by Gasteiger charge is 2.23. The first-order valence-electron chi connectivity index (χ1n) is 10.3. The van der Waals surface area contributed by atoms with Gasteiger partial charge in [0.1, 0.15) is 5.69 Å². The summed E-state index contributed by atoms with van der Waals surface area (Å²) in [5, 5.41) is 3.73. The van der Waals surface area contributed by atoms with Crippen molar-refractivity contribution < 1.29 is 14.3 Å². The van der Waals surface area contributed by atoms with Gasteiger partial charge in [0.15, 0.2) is 0 Å². The first-order valence-corrected chi connectivity index (χ1v) is 10.7. The van der Waals surface area contributed by atoms with Crippen LogP contribution in [0.2, 0.25) is 5.02 Å². The van der Waals surface area contributed by atoms with Gasteiger partial charge in [0.05, 0.1) is 12.2 Å². The molecule has 0 atom stereocenters. The minimum atomic E-state index is -0.435. The van der Waals surface area contributed by atoms with Crippen molar-refractivity contribution in [3.8, 4) is 0 Å². The van der Waals surface area contributed by atoms with Crippen molar-refractivity contribution in [3.63, 3.8) is 0 Å². The van der Waals surface area contributed by atoms with Crippen molar-refractivity contribution >= 4 is 29.2 Å². The molecule has 0 saturated carbocycles. The Morgan fingerprint density at radius 1 is 1.20 bits per heavy atom. The van der Waals surface area contributed by atoms with Crippen LogP contribution in [0.3, 0.4) is 0 Å². The first-order chi connectivity index (χ1) is 14.4. The number of nitrogens with one attached hydrogen (secondary N) is 2. The quantitative estimate of drug-likeness (QED) is 0.657. The van der Waals surface area contributed by atoms with Gasteiger partial charge in [-0.2, -0.15) is 0 Å². The largest absolute Gasteiger partial charge is 0.461 e. The number of carbonyl (C=O) groups excluding carboxylic acids is 2. The number of rotatable bonds is 7. The first kappa shape index (κ1) is 22.2. The van der Waals surface area contributed by atoms with Crippen LogP contribution in [-0.4, -0.2) is 67.6 Å². The molecule has 0 spiro atoms. The van der Waals surface area contributed by atoms with Crippen molar-refractivity contribution in [2.24, 2.45) is 0 Å². The molecule has 162 valence electrons. The lowest BCUT2D eigenvalue weighted by atomic mass is 10.1. The van der Waals surface area contributed by atoms with Crippen LogP contribution in [0.1, 0.15) is 39.0 Å². The summed E-state index contributed by atoms with van der Waals surface area (Å²) in [5.74, 6) is -0.607. The number of hydrogen-bond acceptors (Lipinski definition) is 5. The number of aryl methyl sites for hydroxylation is 1. The number of ether oxygens (including phenoxy) is 1. The minimum absolute atomic E-state index is 0.172. The Hall–Kier alpha value is -2.51. The fourth-order valence-corrected chi connectivity index (χ4v) is 4.00. The number of halogens is 1. The zero-order valence-electron chi connectivity index (χ0n) is 17.8. The van der Waals surface area contributed by atoms with E-state index >= 15 is 0 Å². The maximum atomic E-state index is 12.7. The number of carbonyl (C=O) groups is 2. The van der Waals surface area contributed by atoms with Crippen molar-refractivity contribution in [1.82, 2.24) is 15.2 Å². The summed E-state index contributed by atoms with van der Waals surface area (Å²) in [6, 6.07) is 7.92. The Morgan fingerprint density at radius 2 is 1.93 bits per heavy atom. The average molecular weight is 433 g/mol. The molecule has 1 aliphatic heterocycles. The molecule has 2 heterocycles. The summed E-state index contributed by atoms with van der Waals surface area (Å²) in [7, 11) is 0. The summed E-state index contributed by atoms with van der Waals surface area (Å²) in [6.07, 6.45) is 0. The van der Waals surface area contributed by atoms with Crippen LogP contribution in [0.15, 0.2) is 24.3 Å². The molecule has 0 aliphatic carbocycles. The standard InChI is InChI=1S/C22H29ClN4O3/c1-4-30-22(29)20-15(2)19(16(3)25-20)21(28)24-8-9-26-10-12-27(13-11-26)18-7-5-6-17(23)14-18/h5-7,14,25H,4,8-13H2,1-3H3,(H,24,28). The van der Waals surface area contributed by atoms with Gasteiger partial charge in [-0.05, 0) is 44.5 Å². The average Bonchev–Trinajstić information content (AvgIpc) is 3.03. The molecule has 7 nitrogen and oxygen atoms in total. The molecule has 1 saturated heterocycles. The second kappa shape index (κ2) is 10.00. The normalized spacial score (nSPS) is 14.6. The van der Waals surface area contributed by atoms with Crippen molar-refractivity contribution in [3.05, 3.63) is 51.8 Å². The van der Waals surface area contributed by atoms with Crippen molar-refractivity contribution in [2.75, 3.05) is 50.8 Å². The number of aromatic nitrogens is 1. The van der Waals surface area contributed by atoms with E-state index in [0.29, 0.717) is 35.7 Å². The second-order valence-corrected chi connectivity index (χ2v) is 7.85. The lowest BCUT2D eigenvalue weighted by Gasteiger charge is -2.36. The molecule has 0 radical (unpaired) electrons. The fourth-order valence-electron chi connectivity index (χ4n) is 3.82. The van der Waals surface area contributed by atoms with Gasteiger partial charge >= 0.3 is 5.97 Å². The third-order valence-electron chi connectivity index (χ3n) is 5.40. The van der Waals surface area contributed by atoms with E-state index in [-0.39, 0.29) is 5.91 Å². The third kappa shape index (κ3) is 5.15. The Balaban J connectivity index is 1.48. The molecule has 0 unspecified atom stereocenters. The van der Waals surface area contributed by atoms with Crippen molar-refractivity contribution in [2.45, 2.75) is 20.8 Å². The monoisotopic (exact) mass is 432 g/mol. The summed E-state index contributed by atoms with van der Waals surface area (Å²) >= 11 is 6.09. The highest BCUT2D eigenvalue weighted by Crippen LogP contribution is 2.21. The predicted molar refractivity (Wildman–Crippen MR) is 119 cm³/mol. The molecule has 1 aliphatic rings. The van der Waals surface area contributed by atoms with Crippen molar-refractivity contribution in [1.29, 1.82) is 0 Å². The van der Waals surface area contributed by atoms with E-state index in [9.17, 15) is 9.59 Å². The van der Waals surface area contributed by atoms with Crippen LogP contribution in [0.5, 0.6) is 0 Å². The molecular weight excluding hydrogens is 404 g/mol. The van der Waals surface area contributed by atoms with Crippen LogP contribution >= 0.6 is 11.6 Å². The van der Waals surface area contributed by atoms with Gasteiger partial charge in [-0.25, -0.2) is 4.79 Å². The van der Waals surface area contributed by atoms with E-state index in [2.05, 4.69) is 26.2 Å². The molecule has 2 N–H and O–H groups in total. The molecule has 1 aromatic heterocycles. The second-order valence-electron chi connectivity index (χ2n) is 7.41. The van der Waals surface area contributed by atoms with Gasteiger partial charge in [-0.3, -0.25) is 9.69 Å². The molecule has 1 aromatic carbocycles. The highest BCUT2D eigenvalue weighted by atomic mass is 35.5. The fraction of sp³-hybridized carbons (Fsp3) is 0.455. The van der Waals surface area contributed by atoms with Crippen LogP contribution in [0.4, 0.5) is 5.69 Å². The maximum absolute atomic E-state index is 12.7. The molecule has 2 aromatic rings. The number of amides is 1. The van der Waals surface area contributed by atoms with Gasteiger partial charge in [-0.1, -0.05) is 17.7 Å². The Kier molecular flexibility index (Phi) is 7.39. The van der Waals surface area contributed by atoms with Crippen LogP contribution in [0.25, 0.3) is 0 Å². The number of hydrogen-bond donors (Lipinski definition) is 2. The SMILES string of the molecule is CCOC(=O)c1[nH]c(C)c(C(=O)NCCN2CCN(c3cccc(Cl)c3)CC2)c1C. The summed E-state index contributed by atoms with van der Waals surface area (Å²) in [5.41, 5.74) is 3.30. The topological polar surface area (TPSA) is 77.7 Å². The van der Waals surface area contributed by atoms with E-state index in [1.54, 1.807) is 20.8 Å². The summed E-state index contributed by atoms with van der Waals surface area (Å²) in [6.45, 7) is 10.6. The zero-order chi connectivity index (χ0) is 21.7. The number of esters is 1. The molecule has 30 heavy (non-hydrogen) atoms. The minimum Gasteiger partial charge on any atom is -0.461 e. The number of aromatic amines is 1. The lowest BCUT2D eigenvalue weighted by Crippen LogP contribution is -2.48. The number of benzene rings is 1. The Morgan fingerprint density at radius 3 is 2.60 bits per heavy atom. The Bertz CT molecular complexity index is 904. The number of H-pyrrole nitrogens is 1. The number of anilines is 1. The molecular formula is C22H29ClN4O3. The maximum Gasteiger partial charge on any atom is 0.355 e. The smallest absolute Gasteiger partial charge is 0.355 e. The number of piperazine rings is 1. The van der Waals surface area contributed by atoms with E-state index in [0.717, 1.165) is 43.4 Å². The molecule has 1 fully saturated rings. The van der Waals surface area contributed by atoms with Gasteiger partial charge in [0.2, 0.25) is 0 Å². The van der Waals surface area contributed by atoms with Gasteiger partial charge in [0.25, 0.3) is 5.91 Å². The molecule has 0 bridgehead atoms.